The Morgan fingerprint density at radius 2 is 1.72 bits per heavy atom. The zero-order chi connectivity index (χ0) is 20.5. The monoisotopic (exact) mass is 431 g/mol. The first-order chi connectivity index (χ1) is 13.9. The van der Waals surface area contributed by atoms with Crippen molar-refractivity contribution in [3.05, 3.63) is 58.1 Å². The van der Waals surface area contributed by atoms with E-state index in [9.17, 15) is 9.59 Å². The second-order valence-corrected chi connectivity index (χ2v) is 8.58. The van der Waals surface area contributed by atoms with E-state index in [1.54, 1.807) is 6.07 Å². The van der Waals surface area contributed by atoms with Gasteiger partial charge in [0.1, 0.15) is 0 Å². The highest BCUT2D eigenvalue weighted by Crippen LogP contribution is 2.51. The van der Waals surface area contributed by atoms with Gasteiger partial charge in [0.2, 0.25) is 11.8 Å². The molecule has 0 radical (unpaired) electrons. The van der Waals surface area contributed by atoms with Crippen molar-refractivity contribution in [3.8, 4) is 0 Å². The van der Waals surface area contributed by atoms with Crippen molar-refractivity contribution in [1.29, 1.82) is 0 Å². The fraction of sp³-hybridized carbons (Fsp3) is 0.364. The molecule has 2 aliphatic rings. The fourth-order valence-electron chi connectivity index (χ4n) is 4.05. The second kappa shape index (κ2) is 8.25. The molecule has 0 bridgehead atoms. The number of amides is 2. The number of hydrogen-bond donors (Lipinski definition) is 2. The van der Waals surface area contributed by atoms with Gasteiger partial charge in [0.15, 0.2) is 0 Å². The number of nitrogens with one attached hydrogen (secondary N) is 1. The quantitative estimate of drug-likeness (QED) is 0.734. The summed E-state index contributed by atoms with van der Waals surface area (Å²) in [4.78, 5) is 26.1. The molecule has 5 nitrogen and oxygen atoms in total. The Balaban J connectivity index is 1.33. The van der Waals surface area contributed by atoms with Crippen LogP contribution in [-0.4, -0.2) is 24.9 Å². The second-order valence-electron chi connectivity index (χ2n) is 7.79. The average Bonchev–Trinajstić information content (AvgIpc) is 3.51. The summed E-state index contributed by atoms with van der Waals surface area (Å²) < 4.78 is 0. The molecule has 1 aliphatic carbocycles. The molecular weight excluding hydrogens is 409 g/mol. The number of carbonyl (C=O) groups excluding carboxylic acids is 2. The van der Waals surface area contributed by atoms with Crippen LogP contribution in [0.25, 0.3) is 0 Å². The maximum atomic E-state index is 12.6. The number of anilines is 2. The van der Waals surface area contributed by atoms with E-state index in [2.05, 4.69) is 10.2 Å². The molecule has 2 amide bonds. The highest BCUT2D eigenvalue weighted by molar-refractivity contribution is 6.42. The van der Waals surface area contributed by atoms with Gasteiger partial charge in [-0.05, 0) is 61.1 Å². The summed E-state index contributed by atoms with van der Waals surface area (Å²) in [7, 11) is 0. The van der Waals surface area contributed by atoms with Gasteiger partial charge in [0.05, 0.1) is 10.0 Å². The van der Waals surface area contributed by atoms with Crippen LogP contribution in [0, 0.1) is 11.8 Å². The topological polar surface area (TPSA) is 75.4 Å². The predicted molar refractivity (Wildman–Crippen MR) is 117 cm³/mol. The fourth-order valence-corrected chi connectivity index (χ4v) is 4.50. The highest BCUT2D eigenvalue weighted by Gasteiger charge is 2.45. The van der Waals surface area contributed by atoms with Crippen LogP contribution in [0.2, 0.25) is 10.0 Å². The van der Waals surface area contributed by atoms with Crippen LogP contribution in [0.15, 0.2) is 42.5 Å². The predicted octanol–water partition coefficient (Wildman–Crippen LogP) is 4.44. The van der Waals surface area contributed by atoms with Crippen molar-refractivity contribution >= 4 is 46.4 Å². The third-order valence-corrected chi connectivity index (χ3v) is 6.74. The Labute approximate surface area is 180 Å². The van der Waals surface area contributed by atoms with E-state index in [0.717, 1.165) is 49.3 Å². The van der Waals surface area contributed by atoms with Crippen molar-refractivity contribution in [2.75, 3.05) is 23.3 Å². The minimum Gasteiger partial charge on any atom is -0.371 e. The Bertz CT molecular complexity index is 924. The largest absolute Gasteiger partial charge is 0.371 e. The molecule has 2 aromatic carbocycles. The number of benzene rings is 2. The van der Waals surface area contributed by atoms with Crippen molar-refractivity contribution < 1.29 is 9.59 Å². The highest BCUT2D eigenvalue weighted by atomic mass is 35.5. The molecule has 1 saturated carbocycles. The van der Waals surface area contributed by atoms with Gasteiger partial charge in [0.25, 0.3) is 0 Å². The summed E-state index contributed by atoms with van der Waals surface area (Å²) >= 11 is 12.4. The van der Waals surface area contributed by atoms with E-state index >= 15 is 0 Å². The maximum absolute atomic E-state index is 12.6. The Morgan fingerprint density at radius 1 is 1.03 bits per heavy atom. The SMILES string of the molecule is NC(=O)C1CCN(c2ccc(NC(=O)C3CC3c3cccc(Cl)c3Cl)cc2)CC1. The third-order valence-electron chi connectivity index (χ3n) is 5.91. The lowest BCUT2D eigenvalue weighted by Crippen LogP contribution is -2.38. The number of piperidine rings is 1. The number of rotatable bonds is 5. The lowest BCUT2D eigenvalue weighted by Gasteiger charge is -2.32. The van der Waals surface area contributed by atoms with Crippen LogP contribution >= 0.6 is 23.2 Å². The third kappa shape index (κ3) is 4.36. The Kier molecular flexibility index (Phi) is 5.70. The standard InChI is InChI=1S/C22H23Cl2N3O2/c23-19-3-1-2-16(20(19)24)17-12-18(17)22(29)26-14-4-6-15(7-5-14)27-10-8-13(9-11-27)21(25)28/h1-7,13,17-18H,8-12H2,(H2,25,28)(H,26,29). The summed E-state index contributed by atoms with van der Waals surface area (Å²) in [5, 5.41) is 4.05. The Hall–Kier alpha value is -2.24. The molecule has 29 heavy (non-hydrogen) atoms. The number of hydrogen-bond acceptors (Lipinski definition) is 3. The molecule has 3 N–H and O–H groups in total. The number of nitrogens with two attached hydrogens (primary N) is 1. The van der Waals surface area contributed by atoms with Gasteiger partial charge in [-0.2, -0.15) is 0 Å². The van der Waals surface area contributed by atoms with Gasteiger partial charge in [-0.25, -0.2) is 0 Å². The molecule has 152 valence electrons. The van der Waals surface area contributed by atoms with Crippen LogP contribution in [0.5, 0.6) is 0 Å². The summed E-state index contributed by atoms with van der Waals surface area (Å²) in [5.41, 5.74) is 8.19. The van der Waals surface area contributed by atoms with Gasteiger partial charge in [-0.1, -0.05) is 35.3 Å². The molecule has 1 saturated heterocycles. The van der Waals surface area contributed by atoms with Crippen molar-refractivity contribution in [2.24, 2.45) is 17.6 Å². The zero-order valence-electron chi connectivity index (χ0n) is 15.9. The van der Waals surface area contributed by atoms with Crippen molar-refractivity contribution in [2.45, 2.75) is 25.2 Å². The van der Waals surface area contributed by atoms with E-state index in [1.807, 2.05) is 36.4 Å². The minimum atomic E-state index is -0.208. The number of halogens is 2. The normalized spacial score (nSPS) is 21.7. The molecule has 2 aromatic rings. The molecule has 1 aliphatic heterocycles. The van der Waals surface area contributed by atoms with Gasteiger partial charge in [-0.3, -0.25) is 9.59 Å². The molecule has 2 unspecified atom stereocenters. The molecular formula is C22H23Cl2N3O2. The minimum absolute atomic E-state index is 0.000986. The first-order valence-corrected chi connectivity index (χ1v) is 10.6. The van der Waals surface area contributed by atoms with Crippen LogP contribution in [-0.2, 0) is 9.59 Å². The number of nitrogens with zero attached hydrogens (tertiary/aromatic N) is 1. The van der Waals surface area contributed by atoms with Crippen molar-refractivity contribution in [3.63, 3.8) is 0 Å². The van der Waals surface area contributed by atoms with Crippen LogP contribution in [0.3, 0.4) is 0 Å². The van der Waals surface area contributed by atoms with Crippen LogP contribution in [0.1, 0.15) is 30.7 Å². The van der Waals surface area contributed by atoms with E-state index in [-0.39, 0.29) is 29.6 Å². The molecule has 2 atom stereocenters. The average molecular weight is 432 g/mol. The van der Waals surface area contributed by atoms with Crippen LogP contribution in [0.4, 0.5) is 11.4 Å². The number of primary amides is 1. The van der Waals surface area contributed by atoms with Gasteiger partial charge >= 0.3 is 0 Å². The molecule has 0 spiro atoms. The summed E-state index contributed by atoms with van der Waals surface area (Å²) in [6.07, 6.45) is 2.34. The van der Waals surface area contributed by atoms with E-state index in [0.29, 0.717) is 10.0 Å². The van der Waals surface area contributed by atoms with Crippen molar-refractivity contribution in [1.82, 2.24) is 0 Å². The lowest BCUT2D eigenvalue weighted by molar-refractivity contribution is -0.122. The summed E-state index contributed by atoms with van der Waals surface area (Å²) in [6.45, 7) is 1.62. The molecule has 4 rings (SSSR count). The lowest BCUT2D eigenvalue weighted by atomic mass is 9.96. The van der Waals surface area contributed by atoms with Gasteiger partial charge < -0.3 is 16.0 Å². The maximum Gasteiger partial charge on any atom is 0.228 e. The van der Waals surface area contributed by atoms with E-state index < -0.39 is 0 Å². The first kappa shape index (κ1) is 20.0. The van der Waals surface area contributed by atoms with Crippen LogP contribution < -0.4 is 16.0 Å². The summed E-state index contributed by atoms with van der Waals surface area (Å²) in [5.74, 6) is -0.198. The molecule has 7 heteroatoms. The van der Waals surface area contributed by atoms with E-state index in [4.69, 9.17) is 28.9 Å². The molecule has 2 fully saturated rings. The van der Waals surface area contributed by atoms with Gasteiger partial charge in [-0.15, -0.1) is 0 Å². The molecule has 1 heterocycles. The molecule has 0 aromatic heterocycles. The summed E-state index contributed by atoms with van der Waals surface area (Å²) in [6, 6.07) is 13.4. The smallest absolute Gasteiger partial charge is 0.228 e. The zero-order valence-corrected chi connectivity index (χ0v) is 17.4. The Morgan fingerprint density at radius 3 is 2.38 bits per heavy atom. The number of carbonyl (C=O) groups is 2. The van der Waals surface area contributed by atoms with E-state index in [1.165, 1.54) is 0 Å². The first-order valence-electron chi connectivity index (χ1n) is 9.83. The van der Waals surface area contributed by atoms with Gasteiger partial charge in [0, 0.05) is 36.3 Å².